The first kappa shape index (κ1) is 14.8. The molecule has 3 N–H and O–H groups in total. The zero-order chi connectivity index (χ0) is 14.3. The van der Waals surface area contributed by atoms with Gasteiger partial charge in [-0.05, 0) is 19.1 Å². The van der Waals surface area contributed by atoms with Crippen LogP contribution in [-0.2, 0) is 9.53 Å². The Morgan fingerprint density at radius 1 is 1.37 bits per heavy atom. The molecular weight excluding hydrogens is 248 g/mol. The van der Waals surface area contributed by atoms with Gasteiger partial charge in [0.2, 0.25) is 0 Å². The summed E-state index contributed by atoms with van der Waals surface area (Å²) in [6.45, 7) is 2.42. The maximum atomic E-state index is 12.0. The van der Waals surface area contributed by atoms with E-state index in [1.54, 1.807) is 18.2 Å². The second kappa shape index (κ2) is 7.25. The predicted octanol–water partition coefficient (Wildman–Crippen LogP) is 0.960. The van der Waals surface area contributed by atoms with Crippen LogP contribution in [0.3, 0.4) is 0 Å². The van der Waals surface area contributed by atoms with Crippen LogP contribution in [0.1, 0.15) is 23.7 Å². The maximum Gasteiger partial charge on any atom is 0.307 e. The molecule has 0 bridgehead atoms. The normalized spacial score (nSPS) is 9.79. The highest BCUT2D eigenvalue weighted by atomic mass is 16.5. The maximum absolute atomic E-state index is 12.0. The molecule has 0 aliphatic rings. The van der Waals surface area contributed by atoms with Crippen molar-refractivity contribution in [3.8, 4) is 5.75 Å². The zero-order valence-electron chi connectivity index (χ0n) is 11.1. The summed E-state index contributed by atoms with van der Waals surface area (Å²) in [4.78, 5) is 22.9. The van der Waals surface area contributed by atoms with Crippen molar-refractivity contribution in [1.82, 2.24) is 5.32 Å². The standard InChI is InChI=1S/C13H18N2O4/c1-3-19-12-9(5-4-6-10(12)14)13(17)15-8-7-11(16)18-2/h4-6H,3,7-8,14H2,1-2H3,(H,15,17). The van der Waals surface area contributed by atoms with Crippen molar-refractivity contribution in [2.45, 2.75) is 13.3 Å². The highest BCUT2D eigenvalue weighted by Gasteiger charge is 2.14. The number of methoxy groups -OCH3 is 1. The smallest absolute Gasteiger partial charge is 0.307 e. The van der Waals surface area contributed by atoms with Gasteiger partial charge in [0.25, 0.3) is 5.91 Å². The fourth-order valence-corrected chi connectivity index (χ4v) is 1.51. The molecule has 1 amide bonds. The first-order chi connectivity index (χ1) is 9.10. The van der Waals surface area contributed by atoms with Gasteiger partial charge in [-0.25, -0.2) is 0 Å². The average molecular weight is 266 g/mol. The molecule has 1 aromatic carbocycles. The Hall–Kier alpha value is -2.24. The minimum absolute atomic E-state index is 0.120. The number of nitrogens with one attached hydrogen (secondary N) is 1. The van der Waals surface area contributed by atoms with E-state index in [-0.39, 0.29) is 24.8 Å². The summed E-state index contributed by atoms with van der Waals surface area (Å²) in [5, 5.41) is 2.61. The second-order valence-electron chi connectivity index (χ2n) is 3.74. The fourth-order valence-electron chi connectivity index (χ4n) is 1.51. The van der Waals surface area contributed by atoms with Crippen LogP contribution in [0.25, 0.3) is 0 Å². The topological polar surface area (TPSA) is 90.6 Å². The molecule has 0 saturated carbocycles. The first-order valence-corrected chi connectivity index (χ1v) is 5.96. The molecule has 0 saturated heterocycles. The van der Waals surface area contributed by atoms with Gasteiger partial charge < -0.3 is 20.5 Å². The van der Waals surface area contributed by atoms with Crippen LogP contribution in [0.4, 0.5) is 5.69 Å². The Labute approximate surface area is 111 Å². The Bertz CT molecular complexity index is 460. The number of anilines is 1. The molecule has 1 aromatic rings. The Morgan fingerprint density at radius 2 is 2.11 bits per heavy atom. The van der Waals surface area contributed by atoms with Gasteiger partial charge in [-0.3, -0.25) is 9.59 Å². The van der Waals surface area contributed by atoms with E-state index in [4.69, 9.17) is 10.5 Å². The van der Waals surface area contributed by atoms with E-state index >= 15 is 0 Å². The lowest BCUT2D eigenvalue weighted by molar-refractivity contribution is -0.140. The number of amides is 1. The van der Waals surface area contributed by atoms with E-state index in [0.717, 1.165) is 0 Å². The lowest BCUT2D eigenvalue weighted by Crippen LogP contribution is -2.27. The quantitative estimate of drug-likeness (QED) is 0.591. The third-order valence-corrected chi connectivity index (χ3v) is 2.42. The zero-order valence-corrected chi connectivity index (χ0v) is 11.1. The predicted molar refractivity (Wildman–Crippen MR) is 71.0 cm³/mol. The Kier molecular flexibility index (Phi) is 5.66. The van der Waals surface area contributed by atoms with Gasteiger partial charge in [-0.15, -0.1) is 0 Å². The van der Waals surface area contributed by atoms with Crippen LogP contribution in [0, 0.1) is 0 Å². The van der Waals surface area contributed by atoms with Crippen LogP contribution in [-0.4, -0.2) is 32.1 Å². The third-order valence-electron chi connectivity index (χ3n) is 2.42. The molecule has 0 aliphatic heterocycles. The molecule has 6 heteroatoms. The molecule has 0 fully saturated rings. The van der Waals surface area contributed by atoms with Gasteiger partial charge >= 0.3 is 5.97 Å². The number of hydrogen-bond donors (Lipinski definition) is 2. The highest BCUT2D eigenvalue weighted by Crippen LogP contribution is 2.26. The van der Waals surface area contributed by atoms with Crippen LogP contribution in [0.5, 0.6) is 5.75 Å². The number of carbonyl (C=O) groups is 2. The second-order valence-corrected chi connectivity index (χ2v) is 3.74. The number of para-hydroxylation sites is 1. The number of nitrogens with two attached hydrogens (primary N) is 1. The molecule has 0 radical (unpaired) electrons. The Morgan fingerprint density at radius 3 is 2.74 bits per heavy atom. The van der Waals surface area contributed by atoms with Crippen molar-refractivity contribution >= 4 is 17.6 Å². The molecule has 0 spiro atoms. The molecule has 6 nitrogen and oxygen atoms in total. The lowest BCUT2D eigenvalue weighted by atomic mass is 10.1. The van der Waals surface area contributed by atoms with Gasteiger partial charge in [-0.1, -0.05) is 6.07 Å². The van der Waals surface area contributed by atoms with E-state index < -0.39 is 0 Å². The third kappa shape index (κ3) is 4.17. The average Bonchev–Trinajstić information content (AvgIpc) is 2.40. The highest BCUT2D eigenvalue weighted by molar-refractivity contribution is 5.98. The largest absolute Gasteiger partial charge is 0.491 e. The van der Waals surface area contributed by atoms with Crippen LogP contribution in [0.15, 0.2) is 18.2 Å². The van der Waals surface area contributed by atoms with E-state index in [1.165, 1.54) is 7.11 Å². The minimum Gasteiger partial charge on any atom is -0.491 e. The molecule has 0 aromatic heterocycles. The van der Waals surface area contributed by atoms with Crippen LogP contribution < -0.4 is 15.8 Å². The summed E-state index contributed by atoms with van der Waals surface area (Å²) < 4.78 is 9.84. The van der Waals surface area contributed by atoms with Gasteiger partial charge in [-0.2, -0.15) is 0 Å². The van der Waals surface area contributed by atoms with E-state index in [9.17, 15) is 9.59 Å². The molecule has 0 unspecified atom stereocenters. The van der Waals surface area contributed by atoms with Gasteiger partial charge in [0.05, 0.1) is 31.4 Å². The molecule has 1 rings (SSSR count). The van der Waals surface area contributed by atoms with E-state index in [2.05, 4.69) is 10.1 Å². The number of nitrogen functional groups attached to an aromatic ring is 1. The SMILES string of the molecule is CCOc1c(N)cccc1C(=O)NCCC(=O)OC. The molecule has 104 valence electrons. The molecule has 0 aliphatic carbocycles. The van der Waals surface area contributed by atoms with Gasteiger partial charge in [0.1, 0.15) is 0 Å². The fraction of sp³-hybridized carbons (Fsp3) is 0.385. The molecule has 19 heavy (non-hydrogen) atoms. The molecule has 0 atom stereocenters. The van der Waals surface area contributed by atoms with Gasteiger partial charge in [0.15, 0.2) is 5.75 Å². The van der Waals surface area contributed by atoms with Crippen molar-refractivity contribution in [2.75, 3.05) is 26.0 Å². The lowest BCUT2D eigenvalue weighted by Gasteiger charge is -2.12. The monoisotopic (exact) mass is 266 g/mol. The van der Waals surface area contributed by atoms with Crippen LogP contribution >= 0.6 is 0 Å². The van der Waals surface area contributed by atoms with Crippen molar-refractivity contribution in [1.29, 1.82) is 0 Å². The van der Waals surface area contributed by atoms with Crippen molar-refractivity contribution in [2.24, 2.45) is 0 Å². The Balaban J connectivity index is 2.71. The number of carbonyl (C=O) groups excluding carboxylic acids is 2. The van der Waals surface area contributed by atoms with Crippen molar-refractivity contribution < 1.29 is 19.1 Å². The number of esters is 1. The summed E-state index contributed by atoms with van der Waals surface area (Å²) in [5.74, 6) is -0.349. The number of ether oxygens (including phenoxy) is 2. The summed E-state index contributed by atoms with van der Waals surface area (Å²) in [6.07, 6.45) is 0.120. The number of benzene rings is 1. The number of rotatable bonds is 6. The first-order valence-electron chi connectivity index (χ1n) is 5.96. The summed E-state index contributed by atoms with van der Waals surface area (Å²) in [5.41, 5.74) is 6.52. The van der Waals surface area contributed by atoms with E-state index in [1.807, 2.05) is 6.92 Å². The van der Waals surface area contributed by atoms with Crippen LogP contribution in [0.2, 0.25) is 0 Å². The summed E-state index contributed by atoms with van der Waals surface area (Å²) >= 11 is 0. The summed E-state index contributed by atoms with van der Waals surface area (Å²) in [7, 11) is 1.30. The summed E-state index contributed by atoms with van der Waals surface area (Å²) in [6, 6.07) is 4.96. The molecule has 0 heterocycles. The van der Waals surface area contributed by atoms with Crippen molar-refractivity contribution in [3.05, 3.63) is 23.8 Å². The minimum atomic E-state index is -0.377. The van der Waals surface area contributed by atoms with Crippen molar-refractivity contribution in [3.63, 3.8) is 0 Å². The van der Waals surface area contributed by atoms with Gasteiger partial charge in [0, 0.05) is 6.54 Å². The van der Waals surface area contributed by atoms with E-state index in [0.29, 0.717) is 23.6 Å². The molecular formula is C13H18N2O4. The number of hydrogen-bond acceptors (Lipinski definition) is 5.